The van der Waals surface area contributed by atoms with Crippen molar-refractivity contribution >= 4 is 41.3 Å². The van der Waals surface area contributed by atoms with E-state index in [4.69, 9.17) is 0 Å². The van der Waals surface area contributed by atoms with Crippen LogP contribution in [-0.4, -0.2) is 34.1 Å². The predicted octanol–water partition coefficient (Wildman–Crippen LogP) is 2.35. The first kappa shape index (κ1) is 19.6. The molecule has 0 aliphatic heterocycles. The van der Waals surface area contributed by atoms with Gasteiger partial charge in [-0.25, -0.2) is 0 Å². The van der Waals surface area contributed by atoms with Crippen molar-refractivity contribution in [1.29, 1.82) is 0 Å². The monoisotopic (exact) mass is 594 g/mol. The second-order valence-corrected chi connectivity index (χ2v) is 13.6. The summed E-state index contributed by atoms with van der Waals surface area (Å²) in [4.78, 5) is 0. The number of benzene rings is 2. The Morgan fingerprint density at radius 1 is 0.292 bits per heavy atom. The van der Waals surface area contributed by atoms with Crippen molar-refractivity contribution in [2.24, 2.45) is 0 Å². The third-order valence-electron chi connectivity index (χ3n) is 2.55. The summed E-state index contributed by atoms with van der Waals surface area (Å²) in [6.45, 7) is 0. The summed E-state index contributed by atoms with van der Waals surface area (Å²) >= 11 is -4.85. The summed E-state index contributed by atoms with van der Waals surface area (Å²) in [5.41, 5.74) is 0. The van der Waals surface area contributed by atoms with Crippen molar-refractivity contribution in [3.8, 4) is 0 Å². The molecule has 0 spiro atoms. The van der Waals surface area contributed by atoms with Crippen LogP contribution in [0.4, 0.5) is 43.9 Å². The summed E-state index contributed by atoms with van der Waals surface area (Å²) in [5.74, 6) is -22.4. The van der Waals surface area contributed by atoms with E-state index < -0.39 is 99.5 Å². The van der Waals surface area contributed by atoms with Gasteiger partial charge in [-0.15, -0.1) is 0 Å². The number of hydrogen-bond acceptors (Lipinski definition) is 0. The third kappa shape index (κ3) is 3.22. The standard InChI is InChI=1S/C12F10Te2/c13-1-3(15)7(19)11(8(20)4(1)16)23-24-12-9(21)5(17)2(14)6(18)10(12)22. The summed E-state index contributed by atoms with van der Waals surface area (Å²) < 4.78 is 129. The topological polar surface area (TPSA) is 0 Å². The molecule has 0 saturated carbocycles. The molecule has 0 heterocycles. The molecule has 2 aromatic rings. The summed E-state index contributed by atoms with van der Waals surface area (Å²) in [6, 6.07) is 0. The fourth-order valence-corrected chi connectivity index (χ4v) is 12.5. The van der Waals surface area contributed by atoms with Crippen molar-refractivity contribution in [2.45, 2.75) is 0 Å². The quantitative estimate of drug-likeness (QED) is 0.224. The maximum atomic E-state index is 13.5. The molecule has 12 heteroatoms. The molecule has 0 saturated heterocycles. The number of hydrogen-bond donors (Lipinski definition) is 0. The Labute approximate surface area is 143 Å². The number of halogens is 10. The van der Waals surface area contributed by atoms with Crippen LogP contribution in [0.5, 0.6) is 0 Å². The average Bonchev–Trinajstić information content (AvgIpc) is 2.57. The van der Waals surface area contributed by atoms with Crippen LogP contribution in [-0.2, 0) is 0 Å². The van der Waals surface area contributed by atoms with E-state index >= 15 is 0 Å². The second-order valence-electron chi connectivity index (χ2n) is 3.96. The zero-order valence-electron chi connectivity index (χ0n) is 10.6. The van der Waals surface area contributed by atoms with Crippen molar-refractivity contribution in [3.63, 3.8) is 0 Å². The van der Waals surface area contributed by atoms with Crippen LogP contribution in [0.3, 0.4) is 0 Å². The molecular weight excluding hydrogens is 589 g/mol. The number of rotatable bonds is 3. The van der Waals surface area contributed by atoms with Gasteiger partial charge in [0.2, 0.25) is 0 Å². The molecule has 0 nitrogen and oxygen atoms in total. The Morgan fingerprint density at radius 3 is 0.667 bits per heavy atom. The van der Waals surface area contributed by atoms with Gasteiger partial charge in [-0.3, -0.25) is 0 Å². The molecule has 0 unspecified atom stereocenters. The van der Waals surface area contributed by atoms with Crippen LogP contribution in [0.2, 0.25) is 0 Å². The molecule has 0 aromatic heterocycles. The molecule has 0 fully saturated rings. The van der Waals surface area contributed by atoms with Gasteiger partial charge in [-0.2, -0.15) is 0 Å². The van der Waals surface area contributed by atoms with E-state index in [1.54, 1.807) is 0 Å². The van der Waals surface area contributed by atoms with Gasteiger partial charge in [0.1, 0.15) is 0 Å². The molecule has 0 aliphatic carbocycles. The summed E-state index contributed by atoms with van der Waals surface area (Å²) in [7, 11) is 0. The molecule has 2 rings (SSSR count). The van der Waals surface area contributed by atoms with Crippen LogP contribution in [0.1, 0.15) is 0 Å². The van der Waals surface area contributed by atoms with E-state index in [1.807, 2.05) is 0 Å². The van der Waals surface area contributed by atoms with Gasteiger partial charge in [-0.05, 0) is 0 Å². The van der Waals surface area contributed by atoms with Gasteiger partial charge < -0.3 is 0 Å². The average molecular weight is 589 g/mol. The Balaban J connectivity index is 2.48. The Hall–Kier alpha value is -0.681. The molecule has 130 valence electrons. The predicted molar refractivity (Wildman–Crippen MR) is 63.2 cm³/mol. The molecule has 0 atom stereocenters. The first-order valence-electron chi connectivity index (χ1n) is 5.46. The molecular formula is C12F10Te2. The van der Waals surface area contributed by atoms with Crippen LogP contribution in [0, 0.1) is 58.2 Å². The van der Waals surface area contributed by atoms with Crippen molar-refractivity contribution in [3.05, 3.63) is 58.2 Å². The van der Waals surface area contributed by atoms with E-state index in [1.165, 1.54) is 0 Å². The van der Waals surface area contributed by atoms with Gasteiger partial charge in [0, 0.05) is 0 Å². The summed E-state index contributed by atoms with van der Waals surface area (Å²) in [6.07, 6.45) is 0. The van der Waals surface area contributed by atoms with E-state index in [0.29, 0.717) is 0 Å². The normalized spacial score (nSPS) is 11.2. The van der Waals surface area contributed by atoms with Gasteiger partial charge in [0.15, 0.2) is 0 Å². The Morgan fingerprint density at radius 2 is 0.458 bits per heavy atom. The molecule has 0 radical (unpaired) electrons. The second kappa shape index (κ2) is 7.28. The minimum absolute atomic E-state index is 1.25. The minimum atomic E-state index is -2.42. The zero-order valence-corrected chi connectivity index (χ0v) is 15.3. The van der Waals surface area contributed by atoms with E-state index in [-0.39, 0.29) is 0 Å². The van der Waals surface area contributed by atoms with Crippen molar-refractivity contribution < 1.29 is 43.9 Å². The fourth-order valence-electron chi connectivity index (χ4n) is 1.40. The van der Waals surface area contributed by atoms with E-state index in [0.717, 1.165) is 0 Å². The van der Waals surface area contributed by atoms with Gasteiger partial charge in [0.25, 0.3) is 0 Å². The molecule has 0 N–H and O–H groups in total. The molecule has 2 aromatic carbocycles. The molecule has 0 aliphatic rings. The van der Waals surface area contributed by atoms with Crippen LogP contribution in [0.15, 0.2) is 0 Å². The third-order valence-corrected chi connectivity index (χ3v) is 13.8. The fraction of sp³-hybridized carbons (Fsp3) is 0. The van der Waals surface area contributed by atoms with Crippen molar-refractivity contribution in [1.82, 2.24) is 0 Å². The first-order valence-corrected chi connectivity index (χ1v) is 15.1. The Bertz CT molecular complexity index is 708. The first-order chi connectivity index (χ1) is 11.1. The van der Waals surface area contributed by atoms with Crippen LogP contribution < -0.4 is 7.22 Å². The SMILES string of the molecule is Fc1c(F)c(F)c([Te][Te]c2c(F)c(F)c(F)c(F)c2F)c(F)c1F. The van der Waals surface area contributed by atoms with Crippen LogP contribution >= 0.6 is 0 Å². The zero-order chi connectivity index (χ0) is 18.3. The van der Waals surface area contributed by atoms with Gasteiger partial charge in [-0.1, -0.05) is 0 Å². The maximum absolute atomic E-state index is 13.5. The van der Waals surface area contributed by atoms with E-state index in [2.05, 4.69) is 0 Å². The van der Waals surface area contributed by atoms with E-state index in [9.17, 15) is 43.9 Å². The Kier molecular flexibility index (Phi) is 5.96. The van der Waals surface area contributed by atoms with Crippen molar-refractivity contribution in [2.75, 3.05) is 0 Å². The molecule has 24 heavy (non-hydrogen) atoms. The summed E-state index contributed by atoms with van der Waals surface area (Å²) in [5, 5.41) is 0. The van der Waals surface area contributed by atoms with Gasteiger partial charge in [0.05, 0.1) is 0 Å². The molecule has 0 amide bonds. The van der Waals surface area contributed by atoms with Gasteiger partial charge >= 0.3 is 143 Å². The van der Waals surface area contributed by atoms with Crippen LogP contribution in [0.25, 0.3) is 0 Å². The molecule has 0 bridgehead atoms.